The number of rotatable bonds is 5. The minimum Gasteiger partial charge on any atom is -0.349 e. The summed E-state index contributed by atoms with van der Waals surface area (Å²) in [5.41, 5.74) is 0.664. The van der Waals surface area contributed by atoms with Crippen molar-refractivity contribution in [3.05, 3.63) is 72.3 Å². The van der Waals surface area contributed by atoms with Crippen LogP contribution in [0.3, 0.4) is 0 Å². The summed E-state index contributed by atoms with van der Waals surface area (Å²) >= 11 is 0. The molecule has 2 rings (SSSR count). The number of carbonyl (C=O) groups excluding carboxylic acids is 1. The number of carbonyl (C=O) groups is 1. The lowest BCUT2D eigenvalue weighted by Crippen LogP contribution is -2.24. The average molecular weight is 310 g/mol. The fourth-order valence-electron chi connectivity index (χ4n) is 1.92. The first-order valence-corrected chi connectivity index (χ1v) is 7.73. The lowest BCUT2D eigenvalue weighted by atomic mass is 10.2. The van der Waals surface area contributed by atoms with Gasteiger partial charge in [0.25, 0.3) is 5.91 Å². The maximum atomic E-state index is 12.8. The van der Waals surface area contributed by atoms with Gasteiger partial charge in [-0.05, 0) is 24.3 Å². The van der Waals surface area contributed by atoms with Crippen LogP contribution in [0, 0.1) is 11.3 Å². The third-order valence-electron chi connectivity index (χ3n) is 2.95. The molecule has 0 heterocycles. The summed E-state index contributed by atoms with van der Waals surface area (Å²) in [6, 6.07) is 15.4. The number of nitrogens with one attached hydrogen (secondary N) is 1. The molecule has 1 atom stereocenters. The summed E-state index contributed by atoms with van der Waals surface area (Å²) < 4.78 is 12.8. The van der Waals surface area contributed by atoms with Gasteiger partial charge in [-0.25, -0.2) is 4.21 Å². The maximum Gasteiger partial charge on any atom is 0.252 e. The number of hydrogen-bond donors (Lipinski definition) is 1. The van der Waals surface area contributed by atoms with E-state index >= 15 is 0 Å². The summed E-state index contributed by atoms with van der Waals surface area (Å²) in [7, 11) is -1.61. The Morgan fingerprint density at radius 1 is 1.18 bits per heavy atom. The largest absolute Gasteiger partial charge is 0.349 e. The minimum atomic E-state index is -1.61. The monoisotopic (exact) mass is 310 g/mol. The third-order valence-corrected chi connectivity index (χ3v) is 4.46. The Morgan fingerprint density at radius 3 is 2.50 bits per heavy atom. The molecule has 0 saturated heterocycles. The molecule has 0 aromatic heterocycles. The van der Waals surface area contributed by atoms with Crippen LogP contribution >= 0.6 is 0 Å². The van der Waals surface area contributed by atoms with E-state index in [-0.39, 0.29) is 5.91 Å². The van der Waals surface area contributed by atoms with Gasteiger partial charge in [0.15, 0.2) is 0 Å². The van der Waals surface area contributed by atoms with E-state index in [1.54, 1.807) is 54.6 Å². The summed E-state index contributed by atoms with van der Waals surface area (Å²) in [6.07, 6.45) is 1.57. The molecule has 0 bridgehead atoms. The Kier molecular flexibility index (Phi) is 5.23. The average Bonchev–Trinajstić information content (AvgIpc) is 2.59. The molecule has 110 valence electrons. The van der Waals surface area contributed by atoms with Crippen LogP contribution < -0.4 is 5.32 Å². The van der Waals surface area contributed by atoms with E-state index in [2.05, 4.69) is 11.9 Å². The molecule has 0 fully saturated rings. The maximum absolute atomic E-state index is 12.8. The zero-order valence-electron chi connectivity index (χ0n) is 11.8. The van der Waals surface area contributed by atoms with Gasteiger partial charge in [-0.3, -0.25) is 4.79 Å². The molecule has 4 nitrogen and oxygen atoms in total. The molecule has 22 heavy (non-hydrogen) atoms. The molecule has 0 aliphatic heterocycles. The highest BCUT2D eigenvalue weighted by Gasteiger charge is 2.18. The zero-order valence-corrected chi connectivity index (χ0v) is 12.6. The van der Waals surface area contributed by atoms with Gasteiger partial charge in [-0.2, -0.15) is 5.26 Å². The van der Waals surface area contributed by atoms with E-state index < -0.39 is 10.8 Å². The third kappa shape index (κ3) is 3.30. The van der Waals surface area contributed by atoms with Crippen molar-refractivity contribution in [2.24, 2.45) is 0 Å². The van der Waals surface area contributed by atoms with Crippen molar-refractivity contribution >= 4 is 16.7 Å². The Labute approximate surface area is 131 Å². The Bertz CT molecular complexity index is 778. The standard InChI is InChI=1S/C17H14N2O2S/c1-2-11-19-17(20)14-8-4-6-10-16(14)22(21)15-9-5-3-7-13(15)12-18/h2-10H,1,11H2,(H,19,20)/t22-/m1/s1. The predicted octanol–water partition coefficient (Wildman–Crippen LogP) is 2.64. The van der Waals surface area contributed by atoms with Crippen molar-refractivity contribution in [1.82, 2.24) is 5.32 Å². The van der Waals surface area contributed by atoms with Crippen molar-refractivity contribution in [2.45, 2.75) is 9.79 Å². The number of nitrogens with zero attached hydrogens (tertiary/aromatic N) is 1. The topological polar surface area (TPSA) is 70.0 Å². The van der Waals surface area contributed by atoms with Gasteiger partial charge in [-0.15, -0.1) is 6.58 Å². The van der Waals surface area contributed by atoms with Crippen LogP contribution in [-0.4, -0.2) is 16.7 Å². The first-order chi connectivity index (χ1) is 10.7. The Hall–Kier alpha value is -2.71. The van der Waals surface area contributed by atoms with E-state index in [0.717, 1.165) is 0 Å². The van der Waals surface area contributed by atoms with E-state index in [0.29, 0.717) is 27.5 Å². The summed E-state index contributed by atoms with van der Waals surface area (Å²) in [5.74, 6) is -0.321. The van der Waals surface area contributed by atoms with Crippen molar-refractivity contribution < 1.29 is 9.00 Å². The van der Waals surface area contributed by atoms with Gasteiger partial charge in [-0.1, -0.05) is 30.3 Å². The van der Waals surface area contributed by atoms with Crippen LogP contribution in [0.5, 0.6) is 0 Å². The summed E-state index contributed by atoms with van der Waals surface area (Å²) in [6.45, 7) is 3.87. The predicted molar refractivity (Wildman–Crippen MR) is 84.8 cm³/mol. The second-order valence-electron chi connectivity index (χ2n) is 4.37. The van der Waals surface area contributed by atoms with Gasteiger partial charge in [0, 0.05) is 6.54 Å². The lowest BCUT2D eigenvalue weighted by Gasteiger charge is -2.10. The quantitative estimate of drug-likeness (QED) is 0.863. The molecule has 0 spiro atoms. The van der Waals surface area contributed by atoms with Crippen molar-refractivity contribution in [3.8, 4) is 6.07 Å². The van der Waals surface area contributed by atoms with Crippen LogP contribution in [0.1, 0.15) is 15.9 Å². The molecular formula is C17H14N2O2S. The Balaban J connectivity index is 2.45. The summed E-state index contributed by atoms with van der Waals surface area (Å²) in [5, 5.41) is 11.8. The highest BCUT2D eigenvalue weighted by atomic mass is 32.2. The van der Waals surface area contributed by atoms with Crippen LogP contribution in [0.25, 0.3) is 0 Å². The van der Waals surface area contributed by atoms with Crippen LogP contribution in [0.2, 0.25) is 0 Å². The van der Waals surface area contributed by atoms with Gasteiger partial charge < -0.3 is 5.32 Å². The second-order valence-corrected chi connectivity index (χ2v) is 5.79. The molecule has 0 unspecified atom stereocenters. The molecule has 1 N–H and O–H groups in total. The molecule has 5 heteroatoms. The number of benzene rings is 2. The van der Waals surface area contributed by atoms with E-state index in [1.165, 1.54) is 0 Å². The van der Waals surface area contributed by atoms with Crippen molar-refractivity contribution in [2.75, 3.05) is 6.54 Å². The highest BCUT2D eigenvalue weighted by Crippen LogP contribution is 2.22. The van der Waals surface area contributed by atoms with Gasteiger partial charge in [0.05, 0.1) is 31.7 Å². The fourth-order valence-corrected chi connectivity index (χ4v) is 3.23. The van der Waals surface area contributed by atoms with Gasteiger partial charge in [0.2, 0.25) is 0 Å². The molecule has 0 radical (unpaired) electrons. The fraction of sp³-hybridized carbons (Fsp3) is 0.0588. The first kappa shape index (κ1) is 15.7. The van der Waals surface area contributed by atoms with Crippen LogP contribution in [0.4, 0.5) is 0 Å². The van der Waals surface area contributed by atoms with Gasteiger partial charge in [0.1, 0.15) is 6.07 Å². The van der Waals surface area contributed by atoms with Crippen molar-refractivity contribution in [3.63, 3.8) is 0 Å². The molecule has 2 aromatic rings. The van der Waals surface area contributed by atoms with Gasteiger partial charge >= 0.3 is 0 Å². The van der Waals surface area contributed by atoms with Crippen LogP contribution in [0.15, 0.2) is 71.0 Å². The number of amides is 1. The molecule has 2 aromatic carbocycles. The second kappa shape index (κ2) is 7.34. The lowest BCUT2D eigenvalue weighted by molar-refractivity contribution is 0.0955. The van der Waals surface area contributed by atoms with E-state index in [1.807, 2.05) is 6.07 Å². The molecule has 1 amide bonds. The minimum absolute atomic E-state index is 0.321. The Morgan fingerprint density at radius 2 is 1.82 bits per heavy atom. The molecule has 0 aliphatic rings. The molecular weight excluding hydrogens is 296 g/mol. The SMILES string of the molecule is C=CCNC(=O)c1ccccc1[S@](=O)c1ccccc1C#N. The van der Waals surface area contributed by atoms with Crippen molar-refractivity contribution in [1.29, 1.82) is 5.26 Å². The number of nitriles is 1. The first-order valence-electron chi connectivity index (χ1n) is 6.58. The normalized spacial score (nSPS) is 11.2. The summed E-state index contributed by atoms with van der Waals surface area (Å²) in [4.78, 5) is 12.9. The smallest absolute Gasteiger partial charge is 0.252 e. The molecule has 0 aliphatic carbocycles. The molecule has 0 saturated carbocycles. The zero-order chi connectivity index (χ0) is 15.9. The van der Waals surface area contributed by atoms with E-state index in [9.17, 15) is 9.00 Å². The number of hydrogen-bond acceptors (Lipinski definition) is 3. The highest BCUT2D eigenvalue weighted by molar-refractivity contribution is 7.85. The van der Waals surface area contributed by atoms with Crippen LogP contribution in [-0.2, 0) is 10.8 Å². The van der Waals surface area contributed by atoms with E-state index in [4.69, 9.17) is 5.26 Å².